The van der Waals surface area contributed by atoms with Crippen LogP contribution in [0.1, 0.15) is 51.4 Å². The Balaban J connectivity index is 0.0000000759. The van der Waals surface area contributed by atoms with Gasteiger partial charge in [-0.05, 0) is 170 Å². The van der Waals surface area contributed by atoms with E-state index < -0.39 is 0 Å². The van der Waals surface area contributed by atoms with Gasteiger partial charge in [0, 0.05) is 47.3 Å². The Labute approximate surface area is 407 Å². The summed E-state index contributed by atoms with van der Waals surface area (Å²) in [7, 11) is 0. The molecule has 6 heteroatoms. The minimum absolute atomic E-state index is 0.118. The average molecular weight is 921 g/mol. The van der Waals surface area contributed by atoms with Crippen LogP contribution in [-0.2, 0) is 23.9 Å². The van der Waals surface area contributed by atoms with Crippen LogP contribution >= 0.6 is 0 Å². The Bertz CT molecular complexity index is 2440. The molecule has 18 aliphatic carbocycles. The second-order valence-electron chi connectivity index (χ2n) is 26.0. The molecule has 2 heterocycles. The third kappa shape index (κ3) is 5.69. The molecule has 31 atom stereocenters. The van der Waals surface area contributed by atoms with Gasteiger partial charge in [0.2, 0.25) is 0 Å². The van der Waals surface area contributed by atoms with Crippen LogP contribution in [0.3, 0.4) is 0 Å². The summed E-state index contributed by atoms with van der Waals surface area (Å²) in [5.41, 5.74) is 0. The predicted molar refractivity (Wildman–Crippen MR) is 261 cm³/mol. The first-order chi connectivity index (χ1) is 33.8. The maximum atomic E-state index is 12.6. The fraction of sp³-hybridized carbons (Fsp3) is 0.619. The molecule has 0 amide bonds. The summed E-state index contributed by atoms with van der Waals surface area (Å²) < 4.78 is 5.87. The van der Waals surface area contributed by atoms with Gasteiger partial charge >= 0.3 is 0 Å². The number of Topliss-reactive ketones (excluding diaryl/α,β-unsaturated/α-hetero) is 3. The highest BCUT2D eigenvalue weighted by atomic mass is 16.5. The van der Waals surface area contributed by atoms with Gasteiger partial charge in [-0.3, -0.25) is 19.2 Å². The van der Waals surface area contributed by atoms with Crippen molar-refractivity contribution < 1.29 is 29.0 Å². The molecule has 0 spiro atoms. The molecule has 0 radical (unpaired) electrons. The van der Waals surface area contributed by atoms with Crippen LogP contribution < -0.4 is 0 Å². The van der Waals surface area contributed by atoms with Gasteiger partial charge in [0.15, 0.2) is 5.78 Å². The van der Waals surface area contributed by atoms with E-state index >= 15 is 0 Å². The van der Waals surface area contributed by atoms with E-state index in [1.54, 1.807) is 6.08 Å². The van der Waals surface area contributed by atoms with Gasteiger partial charge in [-0.25, -0.2) is 0 Å². The molecule has 0 aromatic heterocycles. The highest BCUT2D eigenvalue weighted by Crippen LogP contribution is 2.67. The zero-order valence-electron chi connectivity index (χ0n) is 39.6. The summed E-state index contributed by atoms with van der Waals surface area (Å²) in [4.78, 5) is 48.7. The maximum Gasteiger partial charge on any atom is 0.159 e. The van der Waals surface area contributed by atoms with Crippen LogP contribution in [0.2, 0.25) is 0 Å². The van der Waals surface area contributed by atoms with Gasteiger partial charge in [-0.1, -0.05) is 115 Å². The molecular formula is C63H68O6. The van der Waals surface area contributed by atoms with Crippen LogP contribution in [0, 0.1) is 166 Å². The molecule has 10 fully saturated rings. The van der Waals surface area contributed by atoms with Crippen molar-refractivity contribution in [3.8, 4) is 0 Å². The van der Waals surface area contributed by atoms with Crippen LogP contribution in [-0.4, -0.2) is 46.6 Å². The number of aliphatic hydroxyl groups excluding tert-OH is 1. The zero-order valence-corrected chi connectivity index (χ0v) is 39.6. The molecule has 9 saturated carbocycles. The number of rotatable bonds is 0. The Morgan fingerprint density at radius 1 is 0.362 bits per heavy atom. The lowest BCUT2D eigenvalue weighted by atomic mass is 9.75. The molecule has 2 aliphatic heterocycles. The quantitative estimate of drug-likeness (QED) is 0.243. The highest BCUT2D eigenvalue weighted by Gasteiger charge is 2.68. The first kappa shape index (κ1) is 41.6. The molecule has 6 nitrogen and oxygen atoms in total. The molecule has 356 valence electrons. The molecule has 14 bridgehead atoms. The lowest BCUT2D eigenvalue weighted by Crippen LogP contribution is -2.28. The number of ketones is 4. The molecule has 21 unspecified atom stereocenters. The van der Waals surface area contributed by atoms with Crippen molar-refractivity contribution in [1.82, 2.24) is 0 Å². The number of hydrogen-bond donors (Lipinski definition) is 1. The van der Waals surface area contributed by atoms with Crippen molar-refractivity contribution in [2.45, 2.75) is 69.7 Å². The summed E-state index contributed by atoms with van der Waals surface area (Å²) in [6, 6.07) is 0. The van der Waals surface area contributed by atoms with Gasteiger partial charge in [0.25, 0.3) is 0 Å². The Hall–Kier alpha value is -4.00. The largest absolute Gasteiger partial charge is 0.389 e. The van der Waals surface area contributed by atoms with E-state index in [0.717, 1.165) is 48.3 Å². The minimum Gasteiger partial charge on any atom is -0.389 e. The number of ether oxygens (including phenoxy) is 1. The van der Waals surface area contributed by atoms with Crippen molar-refractivity contribution in [3.05, 3.63) is 122 Å². The monoisotopic (exact) mass is 921 g/mol. The molecule has 0 aromatic rings. The van der Waals surface area contributed by atoms with Crippen LogP contribution in [0.5, 0.6) is 0 Å². The summed E-state index contributed by atoms with van der Waals surface area (Å²) in [6.07, 6.45) is 54.9. The summed E-state index contributed by atoms with van der Waals surface area (Å²) in [5, 5.41) is 9.60. The second-order valence-corrected chi connectivity index (χ2v) is 26.0. The summed E-state index contributed by atoms with van der Waals surface area (Å²) in [5.74, 6) is 18.4. The van der Waals surface area contributed by atoms with E-state index in [-0.39, 0.29) is 24.2 Å². The molecule has 69 heavy (non-hydrogen) atoms. The number of carbonyl (C=O) groups is 4. The first-order valence-corrected chi connectivity index (χ1v) is 28.1. The first-order valence-electron chi connectivity index (χ1n) is 28.1. The number of carbonyl (C=O) groups excluding carboxylic acids is 4. The lowest BCUT2D eigenvalue weighted by Gasteiger charge is -2.28. The summed E-state index contributed by atoms with van der Waals surface area (Å²) >= 11 is 0. The number of allylic oxidation sites excluding steroid dienone is 17. The van der Waals surface area contributed by atoms with E-state index in [9.17, 15) is 24.3 Å². The van der Waals surface area contributed by atoms with E-state index in [1.165, 1.54) is 38.5 Å². The Morgan fingerprint density at radius 2 is 0.812 bits per heavy atom. The van der Waals surface area contributed by atoms with E-state index in [4.69, 9.17) is 4.74 Å². The lowest BCUT2D eigenvalue weighted by molar-refractivity contribution is -0.127. The standard InChI is InChI=1S/C15H16O.C14H14O2.C14H16O.C10H12O.C10H10O/c16-15-13-9-3-1-7(5-9)11(13)12-8-2-4-10(6-8)14(12)15;15-14-11-7-2-1-6(5-7)10(11)12-8-3-4-9(16-8)13(12)14;15-14-11-4-2-1-3-10(11)12-8-5-6-9(7-8)13(12)14;2*11-9-4-3-8-6-1-2-7(5-6)10(8)9/h1-4,7-14H,5-6H2;1-4,6-13H,5H2;1-2,5-6,8-13H,3-4,7H2;1-4,6-11H,5H2;1-4,6-8,10H,5H2/t7?,8?,9?,10?,11-,12?,13-,14?;6?,7?,8?,9?,10-,11+,12?,13?;8?,9?,10?,11?,12-,13-;6?,7?,8-,9?,10+;6?,7?,8-,10+/m01011/s1. The number of fused-ring (bicyclic) bond motifs is 39. The molecule has 20 rings (SSSR count). The van der Waals surface area contributed by atoms with Gasteiger partial charge < -0.3 is 9.84 Å². The smallest absolute Gasteiger partial charge is 0.159 e. The fourth-order valence-corrected chi connectivity index (χ4v) is 21.5. The Morgan fingerprint density at radius 3 is 1.42 bits per heavy atom. The van der Waals surface area contributed by atoms with Gasteiger partial charge in [-0.15, -0.1) is 0 Å². The van der Waals surface area contributed by atoms with E-state index in [2.05, 4.69) is 109 Å². The third-order valence-corrected chi connectivity index (χ3v) is 23.7. The summed E-state index contributed by atoms with van der Waals surface area (Å²) in [6.45, 7) is 0. The predicted octanol–water partition coefficient (Wildman–Crippen LogP) is 9.53. The third-order valence-electron chi connectivity index (χ3n) is 23.7. The SMILES string of the molecule is O=C1C2C3C=CC(C3)C2[C@@H]2C3C=CC(C3)[C@H]12.O=C1C2C3C=CC(O3)C2[C@@H]2C3C=CC(C3)[C@H]12.O=C1C2CC=CCC2[C@@H]2C3C=CC(C3)[C@H]12.O=C1C=C[C@@H]2C3C=CC(C3)[C@H]12.OC1C=C[C@@H]2C3C=CC(C3)[C@H]12. The number of hydrogen-bond acceptors (Lipinski definition) is 6. The van der Waals surface area contributed by atoms with Gasteiger partial charge in [-0.2, -0.15) is 0 Å². The van der Waals surface area contributed by atoms with Crippen molar-refractivity contribution in [1.29, 1.82) is 0 Å². The van der Waals surface area contributed by atoms with Crippen LogP contribution in [0.4, 0.5) is 0 Å². The van der Waals surface area contributed by atoms with Crippen molar-refractivity contribution in [3.63, 3.8) is 0 Å². The van der Waals surface area contributed by atoms with E-state index in [1.807, 2.05) is 6.08 Å². The van der Waals surface area contributed by atoms with Gasteiger partial charge in [0.1, 0.15) is 17.3 Å². The van der Waals surface area contributed by atoms with Crippen LogP contribution in [0.15, 0.2) is 122 Å². The fourth-order valence-electron chi connectivity index (χ4n) is 21.5. The highest BCUT2D eigenvalue weighted by molar-refractivity contribution is 5.95. The van der Waals surface area contributed by atoms with Crippen molar-refractivity contribution in [2.24, 2.45) is 166 Å². The maximum absolute atomic E-state index is 12.6. The molecular weight excluding hydrogens is 853 g/mol. The Kier molecular flexibility index (Phi) is 9.06. The molecule has 1 saturated heterocycles. The van der Waals surface area contributed by atoms with Gasteiger partial charge in [0.05, 0.1) is 24.2 Å². The van der Waals surface area contributed by atoms with Crippen molar-refractivity contribution in [2.75, 3.05) is 0 Å². The zero-order chi connectivity index (χ0) is 45.7. The molecule has 1 N–H and O–H groups in total. The van der Waals surface area contributed by atoms with Crippen molar-refractivity contribution >= 4 is 23.1 Å². The number of aliphatic hydroxyl groups is 1. The minimum atomic E-state index is -0.153. The average Bonchev–Trinajstić information content (AvgIpc) is 4.18. The van der Waals surface area contributed by atoms with Crippen LogP contribution in [0.25, 0.3) is 0 Å². The topological polar surface area (TPSA) is 97.7 Å². The second kappa shape index (κ2) is 15.0. The molecule has 0 aromatic carbocycles. The normalized spacial score (nSPS) is 58.5. The molecule has 20 aliphatic rings. The van der Waals surface area contributed by atoms with E-state index in [0.29, 0.717) is 147 Å².